The molecule has 0 aromatic carbocycles. The van der Waals surface area contributed by atoms with E-state index in [-0.39, 0.29) is 25.5 Å². The van der Waals surface area contributed by atoms with Crippen LogP contribution in [-0.4, -0.2) is 30.5 Å². The molecule has 11 heavy (non-hydrogen) atoms. The van der Waals surface area contributed by atoms with E-state index in [1.165, 1.54) is 0 Å². The third-order valence-corrected chi connectivity index (χ3v) is 1.88. The van der Waals surface area contributed by atoms with Crippen molar-refractivity contribution in [2.24, 2.45) is 5.92 Å². The van der Waals surface area contributed by atoms with Gasteiger partial charge in [-0.25, -0.2) is 0 Å². The van der Waals surface area contributed by atoms with Crippen molar-refractivity contribution in [2.45, 2.75) is 18.6 Å². The molecular weight excluding hydrogens is 159 g/mol. The highest BCUT2D eigenvalue weighted by atomic mass is 19.4. The van der Waals surface area contributed by atoms with Crippen molar-refractivity contribution in [3.8, 4) is 0 Å². The standard InChI is InChI=1S/C6H10F3NO/c7-6(8,9)5-1-4(3-11)2-10-5/h4-5,10-11H,1-3H2. The summed E-state index contributed by atoms with van der Waals surface area (Å²) >= 11 is 0. The number of nitrogens with one attached hydrogen (secondary N) is 1. The summed E-state index contributed by atoms with van der Waals surface area (Å²) in [5.74, 6) is -0.235. The van der Waals surface area contributed by atoms with Crippen molar-refractivity contribution in [1.29, 1.82) is 0 Å². The second kappa shape index (κ2) is 2.98. The Morgan fingerprint density at radius 1 is 1.45 bits per heavy atom. The quantitative estimate of drug-likeness (QED) is 0.599. The van der Waals surface area contributed by atoms with Gasteiger partial charge >= 0.3 is 6.18 Å². The highest BCUT2D eigenvalue weighted by Gasteiger charge is 2.43. The van der Waals surface area contributed by atoms with Crippen LogP contribution in [0.1, 0.15) is 6.42 Å². The van der Waals surface area contributed by atoms with E-state index >= 15 is 0 Å². The Hall–Kier alpha value is -0.290. The van der Waals surface area contributed by atoms with E-state index in [1.54, 1.807) is 0 Å². The van der Waals surface area contributed by atoms with Crippen LogP contribution < -0.4 is 5.32 Å². The lowest BCUT2D eigenvalue weighted by atomic mass is 10.1. The van der Waals surface area contributed by atoms with Gasteiger partial charge in [0.15, 0.2) is 0 Å². The molecule has 2 atom stereocenters. The molecule has 1 rings (SSSR count). The normalized spacial score (nSPS) is 32.7. The molecule has 1 aliphatic rings. The first-order chi connectivity index (χ1) is 5.04. The molecule has 5 heteroatoms. The molecule has 0 aromatic rings. The first-order valence-electron chi connectivity index (χ1n) is 3.45. The molecule has 0 saturated carbocycles. The minimum absolute atomic E-state index is 0. The first kappa shape index (κ1) is 8.80. The van der Waals surface area contributed by atoms with Crippen molar-refractivity contribution < 1.29 is 18.3 Å². The predicted octanol–water partition coefficient (Wildman–Crippen LogP) is 0.519. The fourth-order valence-electron chi connectivity index (χ4n) is 1.20. The van der Waals surface area contributed by atoms with E-state index in [0.717, 1.165) is 0 Å². The van der Waals surface area contributed by atoms with Crippen LogP contribution in [0.15, 0.2) is 0 Å². The number of alkyl halides is 3. The Morgan fingerprint density at radius 3 is 2.36 bits per heavy atom. The molecule has 0 aliphatic carbocycles. The largest absolute Gasteiger partial charge is 0.403 e. The van der Waals surface area contributed by atoms with Gasteiger partial charge in [0, 0.05) is 13.2 Å². The van der Waals surface area contributed by atoms with Crippen LogP contribution in [0.5, 0.6) is 0 Å². The van der Waals surface area contributed by atoms with E-state index in [9.17, 15) is 13.2 Å². The third kappa shape index (κ3) is 2.07. The lowest BCUT2D eigenvalue weighted by Crippen LogP contribution is -2.36. The van der Waals surface area contributed by atoms with Gasteiger partial charge in [0.2, 0.25) is 0 Å². The molecule has 1 saturated heterocycles. The SMILES string of the molecule is OCC1CNC(C(F)(F)F)C1. The molecule has 0 spiro atoms. The average Bonchev–Trinajstić information content (AvgIpc) is 2.32. The van der Waals surface area contributed by atoms with Gasteiger partial charge in [-0.15, -0.1) is 0 Å². The van der Waals surface area contributed by atoms with Crippen LogP contribution in [0.25, 0.3) is 0 Å². The summed E-state index contributed by atoms with van der Waals surface area (Å²) in [6.45, 7) is 0.0975. The summed E-state index contributed by atoms with van der Waals surface area (Å²) in [7, 11) is 0. The average molecular weight is 169 g/mol. The predicted molar refractivity (Wildman–Crippen MR) is 33.0 cm³/mol. The molecule has 2 nitrogen and oxygen atoms in total. The van der Waals surface area contributed by atoms with Crippen molar-refractivity contribution in [2.75, 3.05) is 13.2 Å². The van der Waals surface area contributed by atoms with Crippen LogP contribution in [0.4, 0.5) is 13.2 Å². The fourth-order valence-corrected chi connectivity index (χ4v) is 1.20. The zero-order valence-corrected chi connectivity index (χ0v) is 5.86. The molecular formula is C6H10F3NO. The summed E-state index contributed by atoms with van der Waals surface area (Å²) in [5.41, 5.74) is 0. The van der Waals surface area contributed by atoms with Gasteiger partial charge in [0.25, 0.3) is 0 Å². The Balaban J connectivity index is 2.42. The van der Waals surface area contributed by atoms with Gasteiger partial charge in [-0.1, -0.05) is 0 Å². The number of rotatable bonds is 1. The molecule has 2 unspecified atom stereocenters. The molecule has 0 amide bonds. The Labute approximate surface area is 62.4 Å². The highest BCUT2D eigenvalue weighted by molar-refractivity contribution is 4.85. The van der Waals surface area contributed by atoms with E-state index in [2.05, 4.69) is 5.32 Å². The minimum Gasteiger partial charge on any atom is -0.396 e. The summed E-state index contributed by atoms with van der Waals surface area (Å²) < 4.78 is 35.8. The van der Waals surface area contributed by atoms with Crippen LogP contribution in [0.2, 0.25) is 0 Å². The van der Waals surface area contributed by atoms with Crippen LogP contribution >= 0.6 is 0 Å². The third-order valence-electron chi connectivity index (χ3n) is 1.88. The zero-order chi connectivity index (χ0) is 8.48. The number of hydrogen-bond acceptors (Lipinski definition) is 2. The molecule has 0 bridgehead atoms. The van der Waals surface area contributed by atoms with Gasteiger partial charge in [-0.3, -0.25) is 0 Å². The van der Waals surface area contributed by atoms with Gasteiger partial charge < -0.3 is 10.4 Å². The summed E-state index contributed by atoms with van der Waals surface area (Å²) in [5, 5.41) is 10.9. The van der Waals surface area contributed by atoms with Crippen LogP contribution in [-0.2, 0) is 0 Å². The second-order valence-corrected chi connectivity index (χ2v) is 2.79. The van der Waals surface area contributed by atoms with Crippen molar-refractivity contribution in [1.82, 2.24) is 5.32 Å². The lowest BCUT2D eigenvalue weighted by Gasteiger charge is -2.13. The maximum absolute atomic E-state index is 11.9. The molecule has 0 aromatic heterocycles. The molecule has 2 N–H and O–H groups in total. The first-order valence-corrected chi connectivity index (χ1v) is 3.45. The number of hydrogen-bond donors (Lipinski definition) is 2. The van der Waals surface area contributed by atoms with E-state index in [1.807, 2.05) is 0 Å². The van der Waals surface area contributed by atoms with Gasteiger partial charge in [0.1, 0.15) is 6.04 Å². The molecule has 0 radical (unpaired) electrons. The highest BCUT2D eigenvalue weighted by Crippen LogP contribution is 2.28. The topological polar surface area (TPSA) is 32.3 Å². The van der Waals surface area contributed by atoms with Crippen LogP contribution in [0, 0.1) is 5.92 Å². The monoisotopic (exact) mass is 169 g/mol. The van der Waals surface area contributed by atoms with Gasteiger partial charge in [-0.2, -0.15) is 13.2 Å². The fraction of sp³-hybridized carbons (Fsp3) is 1.00. The number of aliphatic hydroxyl groups excluding tert-OH is 1. The molecule has 66 valence electrons. The van der Waals surface area contributed by atoms with Gasteiger partial charge in [0.05, 0.1) is 0 Å². The van der Waals surface area contributed by atoms with E-state index < -0.39 is 12.2 Å². The second-order valence-electron chi connectivity index (χ2n) is 2.79. The van der Waals surface area contributed by atoms with Crippen molar-refractivity contribution >= 4 is 0 Å². The number of aliphatic hydroxyl groups is 1. The maximum atomic E-state index is 11.9. The Morgan fingerprint density at radius 2 is 2.09 bits per heavy atom. The Bertz CT molecular complexity index is 136. The number of halogens is 3. The molecule has 1 heterocycles. The smallest absolute Gasteiger partial charge is 0.396 e. The minimum atomic E-state index is -4.16. The van der Waals surface area contributed by atoms with E-state index in [0.29, 0.717) is 0 Å². The summed E-state index contributed by atoms with van der Waals surface area (Å²) in [4.78, 5) is 0. The maximum Gasteiger partial charge on any atom is 0.403 e. The van der Waals surface area contributed by atoms with Gasteiger partial charge in [-0.05, 0) is 12.3 Å². The lowest BCUT2D eigenvalue weighted by molar-refractivity contribution is -0.152. The van der Waals surface area contributed by atoms with Crippen molar-refractivity contribution in [3.05, 3.63) is 0 Å². The van der Waals surface area contributed by atoms with E-state index in [4.69, 9.17) is 5.11 Å². The van der Waals surface area contributed by atoms with Crippen molar-refractivity contribution in [3.63, 3.8) is 0 Å². The molecule has 1 aliphatic heterocycles. The van der Waals surface area contributed by atoms with Crippen LogP contribution in [0.3, 0.4) is 0 Å². The zero-order valence-electron chi connectivity index (χ0n) is 5.86. The molecule has 1 fully saturated rings. The summed E-state index contributed by atoms with van der Waals surface area (Å²) in [6.07, 6.45) is -4.16. The Kier molecular flexibility index (Phi) is 2.39. The summed E-state index contributed by atoms with van der Waals surface area (Å²) in [6, 6.07) is -1.42.